The fourth-order valence-corrected chi connectivity index (χ4v) is 3.53. The summed E-state index contributed by atoms with van der Waals surface area (Å²) in [4.78, 5) is 14.1. The molecule has 0 spiro atoms. The number of carbonyl (C=O) groups excluding carboxylic acids is 1. The van der Waals surface area contributed by atoms with E-state index in [1.54, 1.807) is 11.3 Å². The Labute approximate surface area is 129 Å². The van der Waals surface area contributed by atoms with Crippen molar-refractivity contribution >= 4 is 17.2 Å². The molecule has 2 aromatic rings. The summed E-state index contributed by atoms with van der Waals surface area (Å²) >= 11 is 1.69. The van der Waals surface area contributed by atoms with Crippen LogP contribution in [0.5, 0.6) is 0 Å². The highest BCUT2D eigenvalue weighted by molar-refractivity contribution is 7.08. The fourth-order valence-electron chi connectivity index (χ4n) is 2.68. The molecule has 21 heavy (non-hydrogen) atoms. The number of aryl methyl sites for hydroxylation is 2. The molecule has 3 nitrogen and oxygen atoms in total. The summed E-state index contributed by atoms with van der Waals surface area (Å²) in [6.07, 6.45) is 1.03. The third-order valence-electron chi connectivity index (χ3n) is 4.08. The predicted octanol–water partition coefficient (Wildman–Crippen LogP) is 3.25. The van der Waals surface area contributed by atoms with E-state index in [4.69, 9.17) is 0 Å². The zero-order valence-corrected chi connectivity index (χ0v) is 13.2. The number of hydrogen-bond acceptors (Lipinski definition) is 3. The number of carbonyl (C=O) groups is 1. The Morgan fingerprint density at radius 1 is 1.29 bits per heavy atom. The van der Waals surface area contributed by atoms with Crippen molar-refractivity contribution in [3.63, 3.8) is 0 Å². The Bertz CT molecular complexity index is 632. The molecule has 3 rings (SSSR count). The first kappa shape index (κ1) is 14.3. The highest BCUT2D eigenvalue weighted by Gasteiger charge is 2.31. The Kier molecular flexibility index (Phi) is 4.08. The number of hydrogen-bond donors (Lipinski definition) is 1. The van der Waals surface area contributed by atoms with Crippen molar-refractivity contribution in [2.24, 2.45) is 0 Å². The summed E-state index contributed by atoms with van der Waals surface area (Å²) in [5.41, 5.74) is 4.99. The van der Waals surface area contributed by atoms with Crippen LogP contribution in [0.25, 0.3) is 0 Å². The van der Waals surface area contributed by atoms with Crippen LogP contribution in [-0.2, 0) is 17.8 Å². The molecule has 1 amide bonds. The minimum Gasteiger partial charge on any atom is -0.317 e. The van der Waals surface area contributed by atoms with E-state index in [1.807, 2.05) is 4.90 Å². The van der Waals surface area contributed by atoms with Crippen LogP contribution in [0.15, 0.2) is 35.0 Å². The van der Waals surface area contributed by atoms with E-state index in [0.717, 1.165) is 12.0 Å². The maximum atomic E-state index is 12.2. The van der Waals surface area contributed by atoms with Crippen LogP contribution in [0.2, 0.25) is 0 Å². The molecule has 2 heterocycles. The molecule has 1 N–H and O–H groups in total. The van der Waals surface area contributed by atoms with Crippen LogP contribution in [0.3, 0.4) is 0 Å². The summed E-state index contributed by atoms with van der Waals surface area (Å²) in [5, 5.41) is 7.59. The molecular weight excluding hydrogens is 280 g/mol. The van der Waals surface area contributed by atoms with Gasteiger partial charge >= 0.3 is 0 Å². The zero-order chi connectivity index (χ0) is 14.8. The van der Waals surface area contributed by atoms with Gasteiger partial charge in [-0.05, 0) is 46.4 Å². The van der Waals surface area contributed by atoms with E-state index >= 15 is 0 Å². The molecular formula is C17H20N2OS. The fraction of sp³-hybridized carbons (Fsp3) is 0.353. The molecule has 1 aliphatic heterocycles. The van der Waals surface area contributed by atoms with Crippen LogP contribution in [0.4, 0.5) is 0 Å². The van der Waals surface area contributed by atoms with Crippen molar-refractivity contribution in [2.75, 3.05) is 6.54 Å². The molecule has 4 heteroatoms. The topological polar surface area (TPSA) is 32.3 Å². The van der Waals surface area contributed by atoms with Gasteiger partial charge in [0.15, 0.2) is 0 Å². The average molecular weight is 300 g/mol. The molecule has 0 aliphatic carbocycles. The van der Waals surface area contributed by atoms with Gasteiger partial charge in [0.05, 0.1) is 6.54 Å². The second-order valence-corrected chi connectivity index (χ2v) is 6.22. The monoisotopic (exact) mass is 300 g/mol. The van der Waals surface area contributed by atoms with Crippen LogP contribution < -0.4 is 5.32 Å². The number of nitrogens with zero attached hydrogens (tertiary/aromatic N) is 1. The first-order valence-electron chi connectivity index (χ1n) is 7.32. The lowest BCUT2D eigenvalue weighted by Gasteiger charge is -2.25. The summed E-state index contributed by atoms with van der Waals surface area (Å²) in [5.74, 6) is 0.171. The maximum Gasteiger partial charge on any atom is 0.238 e. The summed E-state index contributed by atoms with van der Waals surface area (Å²) in [6, 6.07) is 8.55. The molecule has 1 aliphatic rings. The van der Waals surface area contributed by atoms with Gasteiger partial charge < -0.3 is 4.90 Å². The SMILES string of the molecule is CCc1ccc(C2NCC(=O)N2Cc2cscc2C)cc1. The van der Waals surface area contributed by atoms with Gasteiger partial charge in [-0.3, -0.25) is 10.1 Å². The van der Waals surface area contributed by atoms with Gasteiger partial charge in [-0.25, -0.2) is 0 Å². The van der Waals surface area contributed by atoms with Gasteiger partial charge in [0.1, 0.15) is 6.17 Å². The van der Waals surface area contributed by atoms with Crippen LogP contribution in [0, 0.1) is 6.92 Å². The number of thiophene rings is 1. The first-order chi connectivity index (χ1) is 10.2. The Morgan fingerprint density at radius 3 is 2.67 bits per heavy atom. The van der Waals surface area contributed by atoms with Crippen LogP contribution in [0.1, 0.15) is 35.3 Å². The van der Waals surface area contributed by atoms with Gasteiger partial charge in [-0.2, -0.15) is 11.3 Å². The van der Waals surface area contributed by atoms with Crippen molar-refractivity contribution < 1.29 is 4.79 Å². The number of amides is 1. The lowest BCUT2D eigenvalue weighted by molar-refractivity contribution is -0.128. The Hall–Kier alpha value is -1.65. The second kappa shape index (κ2) is 6.00. The van der Waals surface area contributed by atoms with Crippen molar-refractivity contribution in [3.05, 3.63) is 57.3 Å². The van der Waals surface area contributed by atoms with Crippen molar-refractivity contribution in [1.82, 2.24) is 10.2 Å². The van der Waals surface area contributed by atoms with E-state index in [2.05, 4.69) is 54.2 Å². The van der Waals surface area contributed by atoms with Gasteiger partial charge in [-0.15, -0.1) is 0 Å². The van der Waals surface area contributed by atoms with Crippen molar-refractivity contribution in [3.8, 4) is 0 Å². The van der Waals surface area contributed by atoms with Crippen LogP contribution in [-0.4, -0.2) is 17.4 Å². The second-order valence-electron chi connectivity index (χ2n) is 5.48. The number of nitrogens with one attached hydrogen (secondary N) is 1. The van der Waals surface area contributed by atoms with E-state index < -0.39 is 0 Å². The van der Waals surface area contributed by atoms with E-state index in [9.17, 15) is 4.79 Å². The third-order valence-corrected chi connectivity index (χ3v) is 4.99. The molecule has 1 fully saturated rings. The smallest absolute Gasteiger partial charge is 0.238 e. The molecule has 1 unspecified atom stereocenters. The van der Waals surface area contributed by atoms with Crippen LogP contribution >= 0.6 is 11.3 Å². The largest absolute Gasteiger partial charge is 0.317 e. The summed E-state index contributed by atoms with van der Waals surface area (Å²) in [6.45, 7) is 5.35. The molecule has 1 aromatic heterocycles. The predicted molar refractivity (Wildman–Crippen MR) is 86.2 cm³/mol. The van der Waals surface area contributed by atoms with Gasteiger partial charge in [0.2, 0.25) is 5.91 Å². The van der Waals surface area contributed by atoms with Crippen molar-refractivity contribution in [1.29, 1.82) is 0 Å². The number of benzene rings is 1. The van der Waals surface area contributed by atoms with E-state index in [0.29, 0.717) is 13.1 Å². The molecule has 110 valence electrons. The third kappa shape index (κ3) is 2.87. The van der Waals surface area contributed by atoms with Gasteiger partial charge in [0.25, 0.3) is 0 Å². The standard InChI is InChI=1S/C17H20N2OS/c1-3-13-4-6-14(7-5-13)17-18-8-16(20)19(17)9-15-11-21-10-12(15)2/h4-7,10-11,17-18H,3,8-9H2,1-2H3. The summed E-state index contributed by atoms with van der Waals surface area (Å²) in [7, 11) is 0. The maximum absolute atomic E-state index is 12.2. The van der Waals surface area contributed by atoms with E-state index in [1.165, 1.54) is 16.7 Å². The highest BCUT2D eigenvalue weighted by Crippen LogP contribution is 2.26. The minimum atomic E-state index is -0.0114. The highest BCUT2D eigenvalue weighted by atomic mass is 32.1. The Morgan fingerprint density at radius 2 is 2.05 bits per heavy atom. The lowest BCUT2D eigenvalue weighted by atomic mass is 10.1. The zero-order valence-electron chi connectivity index (χ0n) is 12.4. The molecule has 1 saturated heterocycles. The normalized spacial score (nSPS) is 18.5. The quantitative estimate of drug-likeness (QED) is 0.940. The summed E-state index contributed by atoms with van der Waals surface area (Å²) < 4.78 is 0. The molecule has 0 bridgehead atoms. The first-order valence-corrected chi connectivity index (χ1v) is 8.26. The molecule has 0 radical (unpaired) electrons. The van der Waals surface area contributed by atoms with Gasteiger partial charge in [0, 0.05) is 6.54 Å². The minimum absolute atomic E-state index is 0.0114. The Balaban J connectivity index is 1.83. The molecule has 1 aromatic carbocycles. The number of rotatable bonds is 4. The molecule has 0 saturated carbocycles. The average Bonchev–Trinajstić information content (AvgIpc) is 3.07. The van der Waals surface area contributed by atoms with Gasteiger partial charge in [-0.1, -0.05) is 31.2 Å². The lowest BCUT2D eigenvalue weighted by Crippen LogP contribution is -2.29. The molecule has 1 atom stereocenters. The van der Waals surface area contributed by atoms with E-state index in [-0.39, 0.29) is 12.1 Å². The van der Waals surface area contributed by atoms with Crippen molar-refractivity contribution in [2.45, 2.75) is 33.0 Å².